The number of ether oxygens (including phenoxy) is 1. The van der Waals surface area contributed by atoms with Crippen LogP contribution in [-0.2, 0) is 4.74 Å². The number of carbonyl (C=O) groups is 2. The number of rotatable bonds is 4. The Morgan fingerprint density at radius 1 is 1.21 bits per heavy atom. The Morgan fingerprint density at radius 2 is 2.00 bits per heavy atom. The van der Waals surface area contributed by atoms with Gasteiger partial charge < -0.3 is 19.9 Å². The second kappa shape index (κ2) is 8.36. The Hall–Kier alpha value is -2.68. The molecule has 2 aliphatic rings. The van der Waals surface area contributed by atoms with Crippen molar-refractivity contribution >= 4 is 17.6 Å². The summed E-state index contributed by atoms with van der Waals surface area (Å²) in [5.41, 5.74) is 1.29. The highest BCUT2D eigenvalue weighted by Gasteiger charge is 2.31. The van der Waals surface area contributed by atoms with Crippen LogP contribution in [0.1, 0.15) is 41.4 Å². The van der Waals surface area contributed by atoms with E-state index in [-0.39, 0.29) is 17.9 Å². The van der Waals surface area contributed by atoms with Crippen LogP contribution in [-0.4, -0.2) is 83.3 Å². The van der Waals surface area contributed by atoms with Crippen LogP contribution in [0.4, 0.5) is 4.79 Å². The molecule has 2 aromatic heterocycles. The molecular formula is C20H28N6O3. The lowest BCUT2D eigenvalue weighted by Crippen LogP contribution is -2.37. The summed E-state index contributed by atoms with van der Waals surface area (Å²) >= 11 is 0. The van der Waals surface area contributed by atoms with Crippen molar-refractivity contribution in [2.45, 2.75) is 25.2 Å². The van der Waals surface area contributed by atoms with Crippen molar-refractivity contribution in [1.29, 1.82) is 0 Å². The fourth-order valence-corrected chi connectivity index (χ4v) is 4.04. The summed E-state index contributed by atoms with van der Waals surface area (Å²) in [5.74, 6) is 1.29. The van der Waals surface area contributed by atoms with E-state index in [0.717, 1.165) is 38.3 Å². The maximum absolute atomic E-state index is 12.6. The Kier molecular flexibility index (Phi) is 5.66. The lowest BCUT2D eigenvalue weighted by molar-refractivity contribution is 0.0642. The second-order valence-electron chi connectivity index (χ2n) is 8.08. The van der Waals surface area contributed by atoms with Gasteiger partial charge in [0.2, 0.25) is 0 Å². The van der Waals surface area contributed by atoms with Gasteiger partial charge in [-0.2, -0.15) is 0 Å². The first kappa shape index (κ1) is 19.6. The minimum Gasteiger partial charge on any atom is -0.381 e. The highest BCUT2D eigenvalue weighted by Crippen LogP contribution is 2.27. The molecule has 4 rings (SSSR count). The minimum absolute atomic E-state index is 0.00880. The van der Waals surface area contributed by atoms with Crippen molar-refractivity contribution in [3.63, 3.8) is 0 Å². The molecular weight excluding hydrogens is 372 g/mol. The van der Waals surface area contributed by atoms with E-state index in [1.165, 1.54) is 0 Å². The third-order valence-electron chi connectivity index (χ3n) is 5.79. The summed E-state index contributed by atoms with van der Waals surface area (Å²) in [6.45, 7) is 3.51. The van der Waals surface area contributed by atoms with Gasteiger partial charge >= 0.3 is 6.03 Å². The summed E-state index contributed by atoms with van der Waals surface area (Å²) in [7, 11) is 3.51. The monoisotopic (exact) mass is 400 g/mol. The third kappa shape index (κ3) is 4.19. The number of nitrogens with one attached hydrogen (secondary N) is 1. The van der Waals surface area contributed by atoms with E-state index in [1.807, 2.05) is 15.4 Å². The van der Waals surface area contributed by atoms with Crippen molar-refractivity contribution in [2.75, 3.05) is 46.9 Å². The zero-order valence-corrected chi connectivity index (χ0v) is 17.0. The Morgan fingerprint density at radius 3 is 2.76 bits per heavy atom. The normalized spacial score (nSPS) is 20.2. The largest absolute Gasteiger partial charge is 0.381 e. The van der Waals surface area contributed by atoms with Gasteiger partial charge in [0.1, 0.15) is 5.82 Å². The third-order valence-corrected chi connectivity index (χ3v) is 5.79. The SMILES string of the molecule is CN(C)C(=O)N1CC[C@@H](c2nnc3ccc(C(=O)NCC4CCOCC4)cn23)C1. The molecule has 9 heteroatoms. The number of hydrogen-bond acceptors (Lipinski definition) is 5. The molecule has 1 atom stereocenters. The van der Waals surface area contributed by atoms with Crippen LogP contribution in [0.2, 0.25) is 0 Å². The fourth-order valence-electron chi connectivity index (χ4n) is 4.04. The molecule has 0 spiro atoms. The van der Waals surface area contributed by atoms with Crippen LogP contribution in [0.3, 0.4) is 0 Å². The van der Waals surface area contributed by atoms with Gasteiger partial charge in [-0.05, 0) is 37.3 Å². The number of nitrogens with zero attached hydrogens (tertiary/aromatic N) is 5. The number of urea groups is 1. The van der Waals surface area contributed by atoms with E-state index in [0.29, 0.717) is 36.8 Å². The van der Waals surface area contributed by atoms with Gasteiger partial charge in [0, 0.05) is 59.1 Å². The number of fused-ring (bicyclic) bond motifs is 1. The Bertz CT molecular complexity index is 889. The molecule has 0 aliphatic carbocycles. The molecule has 2 saturated heterocycles. The van der Waals surface area contributed by atoms with Crippen molar-refractivity contribution < 1.29 is 14.3 Å². The number of carbonyl (C=O) groups excluding carboxylic acids is 2. The first-order valence-electron chi connectivity index (χ1n) is 10.2. The molecule has 0 saturated carbocycles. The zero-order chi connectivity index (χ0) is 20.4. The standard InChI is InChI=1S/C20H28N6O3/c1-24(2)20(28)25-8-5-15(12-25)18-23-22-17-4-3-16(13-26(17)18)19(27)21-11-14-6-9-29-10-7-14/h3-4,13-15H,5-12H2,1-2H3,(H,21,27)/t15-/m1/s1. The molecule has 156 valence electrons. The summed E-state index contributed by atoms with van der Waals surface area (Å²) < 4.78 is 7.26. The van der Waals surface area contributed by atoms with Gasteiger partial charge in [0.05, 0.1) is 5.56 Å². The smallest absolute Gasteiger partial charge is 0.319 e. The van der Waals surface area contributed by atoms with Crippen molar-refractivity contribution in [3.8, 4) is 0 Å². The number of hydrogen-bond donors (Lipinski definition) is 1. The van der Waals surface area contributed by atoms with Crippen LogP contribution < -0.4 is 5.32 Å². The predicted molar refractivity (Wildman–Crippen MR) is 107 cm³/mol. The van der Waals surface area contributed by atoms with E-state index in [1.54, 1.807) is 31.3 Å². The summed E-state index contributed by atoms with van der Waals surface area (Å²) in [5, 5.41) is 11.6. The van der Waals surface area contributed by atoms with Crippen molar-refractivity contribution in [1.82, 2.24) is 29.7 Å². The van der Waals surface area contributed by atoms with E-state index >= 15 is 0 Å². The molecule has 3 amide bonds. The van der Waals surface area contributed by atoms with Gasteiger partial charge in [-0.3, -0.25) is 9.20 Å². The molecule has 0 bridgehead atoms. The first-order valence-corrected chi connectivity index (χ1v) is 10.2. The maximum Gasteiger partial charge on any atom is 0.319 e. The highest BCUT2D eigenvalue weighted by molar-refractivity contribution is 5.94. The molecule has 0 aromatic carbocycles. The van der Waals surface area contributed by atoms with Crippen molar-refractivity contribution in [3.05, 3.63) is 29.7 Å². The maximum atomic E-state index is 12.6. The lowest BCUT2D eigenvalue weighted by atomic mass is 10.0. The van der Waals surface area contributed by atoms with Gasteiger partial charge in [-0.15, -0.1) is 10.2 Å². The van der Waals surface area contributed by atoms with Gasteiger partial charge in [-0.1, -0.05) is 0 Å². The van der Waals surface area contributed by atoms with Crippen LogP contribution in [0.15, 0.2) is 18.3 Å². The average molecular weight is 400 g/mol. The molecule has 2 aliphatic heterocycles. The molecule has 2 aromatic rings. The average Bonchev–Trinajstić information content (AvgIpc) is 3.38. The van der Waals surface area contributed by atoms with Crippen LogP contribution in [0, 0.1) is 5.92 Å². The summed E-state index contributed by atoms with van der Waals surface area (Å²) in [4.78, 5) is 28.3. The summed E-state index contributed by atoms with van der Waals surface area (Å²) in [6, 6.07) is 3.61. The Labute approximate surface area is 170 Å². The van der Waals surface area contributed by atoms with Gasteiger partial charge in [-0.25, -0.2) is 4.79 Å². The van der Waals surface area contributed by atoms with E-state index < -0.39 is 0 Å². The van der Waals surface area contributed by atoms with Crippen molar-refractivity contribution in [2.24, 2.45) is 5.92 Å². The predicted octanol–water partition coefficient (Wildman–Crippen LogP) is 1.36. The highest BCUT2D eigenvalue weighted by atomic mass is 16.5. The quantitative estimate of drug-likeness (QED) is 0.837. The van der Waals surface area contributed by atoms with E-state index in [4.69, 9.17) is 4.74 Å². The van der Waals surface area contributed by atoms with Gasteiger partial charge in [0.15, 0.2) is 5.65 Å². The topological polar surface area (TPSA) is 92.1 Å². The van der Waals surface area contributed by atoms with Crippen LogP contribution in [0.25, 0.3) is 5.65 Å². The minimum atomic E-state index is -0.0890. The Balaban J connectivity index is 1.46. The molecule has 29 heavy (non-hydrogen) atoms. The fraction of sp³-hybridized carbons (Fsp3) is 0.600. The lowest BCUT2D eigenvalue weighted by Gasteiger charge is -2.22. The zero-order valence-electron chi connectivity index (χ0n) is 17.0. The van der Waals surface area contributed by atoms with E-state index in [9.17, 15) is 9.59 Å². The number of pyridine rings is 1. The first-order chi connectivity index (χ1) is 14.0. The number of aromatic nitrogens is 3. The molecule has 0 unspecified atom stereocenters. The molecule has 9 nitrogen and oxygen atoms in total. The number of amides is 3. The number of likely N-dealkylation sites (tertiary alicyclic amines) is 1. The molecule has 1 N–H and O–H groups in total. The second-order valence-corrected chi connectivity index (χ2v) is 8.08. The van der Waals surface area contributed by atoms with Gasteiger partial charge in [0.25, 0.3) is 5.91 Å². The van der Waals surface area contributed by atoms with Crippen LogP contribution in [0.5, 0.6) is 0 Å². The molecule has 4 heterocycles. The molecule has 2 fully saturated rings. The summed E-state index contributed by atoms with van der Waals surface area (Å²) in [6.07, 6.45) is 4.61. The molecule has 0 radical (unpaired) electrons. The van der Waals surface area contributed by atoms with Crippen LogP contribution >= 0.6 is 0 Å². The van der Waals surface area contributed by atoms with E-state index in [2.05, 4.69) is 15.5 Å².